The van der Waals surface area contributed by atoms with Crippen LogP contribution in [0.25, 0.3) is 0 Å². The van der Waals surface area contributed by atoms with Gasteiger partial charge in [0.15, 0.2) is 0 Å². The molecule has 0 saturated carbocycles. The second kappa shape index (κ2) is 5.63. The Bertz CT molecular complexity index is 525. The van der Waals surface area contributed by atoms with Crippen molar-refractivity contribution in [2.45, 2.75) is 17.9 Å². The van der Waals surface area contributed by atoms with Gasteiger partial charge in [0.25, 0.3) is 0 Å². The van der Waals surface area contributed by atoms with E-state index < -0.39 is 16.1 Å². The molecule has 8 heteroatoms. The van der Waals surface area contributed by atoms with Crippen molar-refractivity contribution in [1.82, 2.24) is 4.31 Å². The summed E-state index contributed by atoms with van der Waals surface area (Å²) in [5.41, 5.74) is 5.68. The Labute approximate surface area is 116 Å². The molecule has 0 aliphatic carbocycles. The van der Waals surface area contributed by atoms with Crippen LogP contribution in [-0.2, 0) is 10.0 Å². The Hall–Kier alpha value is -0.530. The SMILES string of the molecule is CC(CO)N(C)S(=O)(=O)c1cc(Cl)c(N)c(Cl)c1. The third-order valence-corrected chi connectivity index (χ3v) is 5.19. The molecule has 3 N–H and O–H groups in total. The number of aliphatic hydroxyl groups is 1. The molecule has 102 valence electrons. The molecule has 5 nitrogen and oxygen atoms in total. The first-order valence-electron chi connectivity index (χ1n) is 5.05. The summed E-state index contributed by atoms with van der Waals surface area (Å²) in [5, 5.41) is 9.14. The molecular weight excluding hydrogens is 299 g/mol. The van der Waals surface area contributed by atoms with Crippen LogP contribution in [0.2, 0.25) is 10.0 Å². The number of sulfonamides is 1. The van der Waals surface area contributed by atoms with Crippen LogP contribution in [0, 0.1) is 0 Å². The summed E-state index contributed by atoms with van der Waals surface area (Å²) in [6, 6.07) is 1.92. The number of rotatable bonds is 4. The van der Waals surface area contributed by atoms with E-state index in [0.717, 1.165) is 4.31 Å². The van der Waals surface area contributed by atoms with Crippen LogP contribution in [0.5, 0.6) is 0 Å². The van der Waals surface area contributed by atoms with Crippen molar-refractivity contribution in [3.05, 3.63) is 22.2 Å². The molecule has 1 atom stereocenters. The molecule has 0 spiro atoms. The molecule has 0 aromatic heterocycles. The molecule has 1 aromatic carbocycles. The third-order valence-electron chi connectivity index (χ3n) is 2.61. The van der Waals surface area contributed by atoms with Crippen molar-refractivity contribution >= 4 is 38.9 Å². The third kappa shape index (κ3) is 2.89. The molecule has 0 aliphatic rings. The summed E-state index contributed by atoms with van der Waals surface area (Å²) in [6.07, 6.45) is 0. The Kier molecular flexibility index (Phi) is 4.85. The number of nitrogen functional groups attached to an aromatic ring is 1. The van der Waals surface area contributed by atoms with Crippen LogP contribution in [0.4, 0.5) is 5.69 Å². The van der Waals surface area contributed by atoms with Crippen LogP contribution in [-0.4, -0.2) is 37.5 Å². The van der Waals surface area contributed by atoms with Crippen LogP contribution < -0.4 is 5.73 Å². The molecule has 1 aromatic rings. The van der Waals surface area contributed by atoms with Crippen molar-refractivity contribution in [3.63, 3.8) is 0 Å². The summed E-state index contributed by atoms with van der Waals surface area (Å²) < 4.78 is 25.5. The fourth-order valence-electron chi connectivity index (χ4n) is 1.23. The maximum Gasteiger partial charge on any atom is 0.243 e. The van der Waals surface area contributed by atoms with E-state index in [2.05, 4.69) is 0 Å². The molecule has 0 bridgehead atoms. The minimum atomic E-state index is -3.76. The summed E-state index contributed by atoms with van der Waals surface area (Å²) >= 11 is 11.6. The second-order valence-electron chi connectivity index (χ2n) is 3.85. The fourth-order valence-corrected chi connectivity index (χ4v) is 3.25. The van der Waals surface area contributed by atoms with Gasteiger partial charge in [-0.1, -0.05) is 23.2 Å². The Morgan fingerprint density at radius 3 is 2.22 bits per heavy atom. The summed E-state index contributed by atoms with van der Waals surface area (Å²) in [4.78, 5) is -0.0606. The average Bonchev–Trinajstić information content (AvgIpc) is 2.33. The van der Waals surface area contributed by atoms with Crippen molar-refractivity contribution in [1.29, 1.82) is 0 Å². The molecule has 0 fully saturated rings. The molecular formula is C10H14Cl2N2O3S. The van der Waals surface area contributed by atoms with Crippen LogP contribution in [0.3, 0.4) is 0 Å². The van der Waals surface area contributed by atoms with Gasteiger partial charge in [0.2, 0.25) is 10.0 Å². The number of likely N-dealkylation sites (N-methyl/N-ethyl adjacent to an activating group) is 1. The molecule has 1 rings (SSSR count). The first kappa shape index (κ1) is 15.5. The van der Waals surface area contributed by atoms with E-state index in [-0.39, 0.29) is 27.2 Å². The van der Waals surface area contributed by atoms with Gasteiger partial charge in [-0.05, 0) is 19.1 Å². The zero-order valence-corrected chi connectivity index (χ0v) is 12.2. The van der Waals surface area contributed by atoms with Gasteiger partial charge in [-0.2, -0.15) is 4.31 Å². The highest BCUT2D eigenvalue weighted by Gasteiger charge is 2.26. The minimum absolute atomic E-state index is 0.0606. The minimum Gasteiger partial charge on any atom is -0.396 e. The maximum absolute atomic E-state index is 12.2. The van der Waals surface area contributed by atoms with Crippen molar-refractivity contribution < 1.29 is 13.5 Å². The number of nitrogens with zero attached hydrogens (tertiary/aromatic N) is 1. The van der Waals surface area contributed by atoms with E-state index in [0.29, 0.717) is 0 Å². The van der Waals surface area contributed by atoms with E-state index in [9.17, 15) is 8.42 Å². The zero-order chi connectivity index (χ0) is 14.1. The Balaban J connectivity index is 3.29. The average molecular weight is 313 g/mol. The molecule has 0 aliphatic heterocycles. The number of benzene rings is 1. The van der Waals surface area contributed by atoms with Gasteiger partial charge in [-0.15, -0.1) is 0 Å². The normalized spacial score (nSPS) is 13.9. The molecule has 0 saturated heterocycles. The molecule has 18 heavy (non-hydrogen) atoms. The van der Waals surface area contributed by atoms with E-state index in [1.807, 2.05) is 0 Å². The number of hydrogen-bond donors (Lipinski definition) is 2. The molecule has 0 heterocycles. The zero-order valence-electron chi connectivity index (χ0n) is 9.89. The quantitative estimate of drug-likeness (QED) is 0.827. The van der Waals surface area contributed by atoms with Gasteiger partial charge in [0, 0.05) is 13.1 Å². The number of anilines is 1. The predicted octanol–water partition coefficient (Wildman–Crippen LogP) is 1.58. The van der Waals surface area contributed by atoms with E-state index in [4.69, 9.17) is 34.0 Å². The highest BCUT2D eigenvalue weighted by Crippen LogP contribution is 2.31. The number of hydrogen-bond acceptors (Lipinski definition) is 4. The van der Waals surface area contributed by atoms with Gasteiger partial charge in [0.05, 0.1) is 27.2 Å². The molecule has 0 radical (unpaired) electrons. The van der Waals surface area contributed by atoms with Crippen LogP contribution in [0.1, 0.15) is 6.92 Å². The predicted molar refractivity (Wildman–Crippen MR) is 72.4 cm³/mol. The smallest absolute Gasteiger partial charge is 0.243 e. The van der Waals surface area contributed by atoms with Crippen molar-refractivity contribution in [3.8, 4) is 0 Å². The van der Waals surface area contributed by atoms with Crippen molar-refractivity contribution in [2.75, 3.05) is 19.4 Å². The molecule has 0 amide bonds. The van der Waals surface area contributed by atoms with Crippen LogP contribution >= 0.6 is 23.2 Å². The van der Waals surface area contributed by atoms with E-state index in [1.54, 1.807) is 6.92 Å². The fraction of sp³-hybridized carbons (Fsp3) is 0.400. The maximum atomic E-state index is 12.2. The lowest BCUT2D eigenvalue weighted by molar-refractivity contribution is 0.214. The summed E-state index contributed by atoms with van der Waals surface area (Å²) in [5.74, 6) is 0. The standard InChI is InChI=1S/C10H14Cl2N2O3S/c1-6(5-15)14(2)18(16,17)7-3-8(11)10(13)9(12)4-7/h3-4,6,15H,5,13H2,1-2H3. The first-order valence-corrected chi connectivity index (χ1v) is 7.24. The van der Waals surface area contributed by atoms with Crippen molar-refractivity contribution in [2.24, 2.45) is 0 Å². The number of halogens is 2. The molecule has 1 unspecified atom stereocenters. The van der Waals surface area contributed by atoms with E-state index >= 15 is 0 Å². The van der Waals surface area contributed by atoms with Crippen LogP contribution in [0.15, 0.2) is 17.0 Å². The first-order chi connectivity index (χ1) is 8.21. The summed E-state index contributed by atoms with van der Waals surface area (Å²) in [6.45, 7) is 1.30. The second-order valence-corrected chi connectivity index (χ2v) is 6.67. The highest BCUT2D eigenvalue weighted by atomic mass is 35.5. The lowest BCUT2D eigenvalue weighted by Gasteiger charge is -2.22. The largest absolute Gasteiger partial charge is 0.396 e. The summed E-state index contributed by atoms with van der Waals surface area (Å²) in [7, 11) is -2.39. The topological polar surface area (TPSA) is 83.6 Å². The Morgan fingerprint density at radius 1 is 1.39 bits per heavy atom. The Morgan fingerprint density at radius 2 is 1.83 bits per heavy atom. The highest BCUT2D eigenvalue weighted by molar-refractivity contribution is 7.89. The van der Waals surface area contributed by atoms with Gasteiger partial charge < -0.3 is 10.8 Å². The van der Waals surface area contributed by atoms with Gasteiger partial charge in [-0.25, -0.2) is 8.42 Å². The number of aliphatic hydroxyl groups excluding tert-OH is 1. The number of nitrogens with two attached hydrogens (primary N) is 1. The van der Waals surface area contributed by atoms with Gasteiger partial charge >= 0.3 is 0 Å². The van der Waals surface area contributed by atoms with Gasteiger partial charge in [0.1, 0.15) is 0 Å². The lowest BCUT2D eigenvalue weighted by atomic mass is 10.3. The van der Waals surface area contributed by atoms with E-state index in [1.165, 1.54) is 19.2 Å². The lowest BCUT2D eigenvalue weighted by Crippen LogP contribution is -2.37. The van der Waals surface area contributed by atoms with Gasteiger partial charge in [-0.3, -0.25) is 0 Å². The monoisotopic (exact) mass is 312 g/mol.